The molecule has 0 spiro atoms. The Bertz CT molecular complexity index is 1050. The van der Waals surface area contributed by atoms with Gasteiger partial charge in [-0.1, -0.05) is 29.4 Å². The van der Waals surface area contributed by atoms with Gasteiger partial charge in [0, 0.05) is 28.0 Å². The van der Waals surface area contributed by atoms with Crippen LogP contribution in [0.25, 0.3) is 34.1 Å². The van der Waals surface area contributed by atoms with Gasteiger partial charge >= 0.3 is 0 Å². The van der Waals surface area contributed by atoms with Crippen LogP contribution < -0.4 is 0 Å². The molecule has 6 heteroatoms. The van der Waals surface area contributed by atoms with Crippen molar-refractivity contribution in [2.45, 2.75) is 18.8 Å². The highest BCUT2D eigenvalue weighted by Crippen LogP contribution is 2.42. The summed E-state index contributed by atoms with van der Waals surface area (Å²) in [5.41, 5.74) is 3.66. The third-order valence-electron chi connectivity index (χ3n) is 4.40. The van der Waals surface area contributed by atoms with Gasteiger partial charge in [-0.25, -0.2) is 9.37 Å². The largest absolute Gasteiger partial charge is 0.334 e. The van der Waals surface area contributed by atoms with Crippen LogP contribution in [0.2, 0.25) is 0 Å². The summed E-state index contributed by atoms with van der Waals surface area (Å²) in [6.07, 6.45) is 2.53. The molecule has 1 aliphatic rings. The molecule has 2 heterocycles. The van der Waals surface area contributed by atoms with E-state index >= 15 is 0 Å². The molecular weight excluding hydrogens is 349 g/mol. The minimum Gasteiger partial charge on any atom is -0.334 e. The maximum Gasteiger partial charge on any atom is 0.258 e. The molecule has 1 fully saturated rings. The van der Waals surface area contributed by atoms with Crippen LogP contribution in [0.4, 0.5) is 4.39 Å². The molecule has 4 nitrogen and oxygen atoms in total. The predicted molar refractivity (Wildman–Crippen MR) is 98.2 cm³/mol. The first-order chi connectivity index (χ1) is 12.8. The number of thiazole rings is 1. The number of hydrogen-bond donors (Lipinski definition) is 0. The molecule has 0 atom stereocenters. The van der Waals surface area contributed by atoms with E-state index in [1.54, 1.807) is 23.5 Å². The van der Waals surface area contributed by atoms with Crippen LogP contribution in [0, 0.1) is 5.82 Å². The van der Waals surface area contributed by atoms with Crippen LogP contribution in [0.3, 0.4) is 0 Å². The molecular formula is C20H14FN3OS. The average molecular weight is 363 g/mol. The summed E-state index contributed by atoms with van der Waals surface area (Å²) in [5.74, 6) is 1.26. The molecule has 0 N–H and O–H groups in total. The van der Waals surface area contributed by atoms with E-state index in [1.165, 1.54) is 30.0 Å². The Morgan fingerprint density at radius 3 is 2.31 bits per heavy atom. The topological polar surface area (TPSA) is 51.8 Å². The van der Waals surface area contributed by atoms with Gasteiger partial charge in [-0.15, -0.1) is 11.3 Å². The normalized spacial score (nSPS) is 13.9. The van der Waals surface area contributed by atoms with Crippen molar-refractivity contribution in [3.63, 3.8) is 0 Å². The number of benzene rings is 2. The second kappa shape index (κ2) is 6.14. The van der Waals surface area contributed by atoms with Crippen LogP contribution in [0.1, 0.15) is 23.8 Å². The van der Waals surface area contributed by atoms with Gasteiger partial charge in [-0.05, 0) is 37.1 Å². The Morgan fingerprint density at radius 1 is 0.885 bits per heavy atom. The maximum absolute atomic E-state index is 13.0. The average Bonchev–Trinajstić information content (AvgIpc) is 3.20. The van der Waals surface area contributed by atoms with Crippen molar-refractivity contribution in [1.29, 1.82) is 0 Å². The van der Waals surface area contributed by atoms with Crippen LogP contribution in [-0.2, 0) is 0 Å². The summed E-state index contributed by atoms with van der Waals surface area (Å²) in [5, 5.41) is 7.39. The second-order valence-corrected chi connectivity index (χ2v) is 7.24. The molecule has 0 radical (unpaired) electrons. The number of hydrogen-bond acceptors (Lipinski definition) is 5. The summed E-state index contributed by atoms with van der Waals surface area (Å²) in [4.78, 5) is 9.14. The van der Waals surface area contributed by atoms with E-state index in [9.17, 15) is 4.39 Å². The fourth-order valence-electron chi connectivity index (χ4n) is 2.78. The lowest BCUT2D eigenvalue weighted by Crippen LogP contribution is -1.84. The van der Waals surface area contributed by atoms with Crippen molar-refractivity contribution in [2.75, 3.05) is 0 Å². The van der Waals surface area contributed by atoms with E-state index < -0.39 is 0 Å². The molecule has 128 valence electrons. The van der Waals surface area contributed by atoms with Gasteiger partial charge in [0.25, 0.3) is 5.89 Å². The van der Waals surface area contributed by atoms with Crippen LogP contribution in [-0.4, -0.2) is 15.1 Å². The third-order valence-corrected chi connectivity index (χ3v) is 5.41. The van der Waals surface area contributed by atoms with E-state index in [0.29, 0.717) is 23.2 Å². The molecule has 2 aromatic heterocycles. The second-order valence-electron chi connectivity index (χ2n) is 6.35. The Morgan fingerprint density at radius 2 is 1.58 bits per heavy atom. The predicted octanol–water partition coefficient (Wildman–Crippen LogP) is 5.54. The minimum absolute atomic E-state index is 0.295. The number of rotatable bonds is 4. The van der Waals surface area contributed by atoms with Crippen molar-refractivity contribution in [2.24, 2.45) is 0 Å². The standard InChI is InChI=1S/C20H14FN3OS/c21-16-9-7-14(8-10-16)19-23-18(24-25-19)13-3-1-12(2-4-13)17-11-26-20(22-17)15-5-6-15/h1-4,7-11,15H,5-6H2. The molecule has 0 saturated heterocycles. The van der Waals surface area contributed by atoms with Crippen molar-refractivity contribution >= 4 is 11.3 Å². The van der Waals surface area contributed by atoms with E-state index in [4.69, 9.17) is 9.51 Å². The summed E-state index contributed by atoms with van der Waals surface area (Å²) >= 11 is 1.74. The Labute approximate surface area is 153 Å². The zero-order valence-corrected chi connectivity index (χ0v) is 14.5. The molecule has 0 unspecified atom stereocenters. The summed E-state index contributed by atoms with van der Waals surface area (Å²) in [6, 6.07) is 14.0. The zero-order valence-electron chi connectivity index (χ0n) is 13.7. The highest BCUT2D eigenvalue weighted by atomic mass is 32.1. The SMILES string of the molecule is Fc1ccc(-c2nc(-c3ccc(-c4csc(C5CC5)n4)cc3)no2)cc1. The molecule has 5 rings (SSSR count). The van der Waals surface area contributed by atoms with Gasteiger partial charge in [0.15, 0.2) is 0 Å². The monoisotopic (exact) mass is 363 g/mol. The van der Waals surface area contributed by atoms with Crippen molar-refractivity contribution in [1.82, 2.24) is 15.1 Å². The first kappa shape index (κ1) is 15.4. The maximum atomic E-state index is 13.0. The van der Waals surface area contributed by atoms with Crippen molar-refractivity contribution in [3.8, 4) is 34.1 Å². The lowest BCUT2D eigenvalue weighted by Gasteiger charge is -1.98. The molecule has 26 heavy (non-hydrogen) atoms. The number of nitrogens with zero attached hydrogens (tertiary/aromatic N) is 3. The van der Waals surface area contributed by atoms with Gasteiger partial charge in [-0.2, -0.15) is 4.98 Å². The zero-order chi connectivity index (χ0) is 17.5. The van der Waals surface area contributed by atoms with E-state index in [2.05, 4.69) is 15.5 Å². The van der Waals surface area contributed by atoms with Crippen molar-refractivity contribution in [3.05, 3.63) is 64.7 Å². The lowest BCUT2D eigenvalue weighted by molar-refractivity contribution is 0.432. The molecule has 1 aliphatic carbocycles. The van der Waals surface area contributed by atoms with Gasteiger partial charge in [0.2, 0.25) is 5.82 Å². The van der Waals surface area contributed by atoms with Gasteiger partial charge in [0.05, 0.1) is 10.7 Å². The molecule has 1 saturated carbocycles. The van der Waals surface area contributed by atoms with Gasteiger partial charge in [-0.3, -0.25) is 0 Å². The smallest absolute Gasteiger partial charge is 0.258 e. The highest BCUT2D eigenvalue weighted by Gasteiger charge is 2.26. The third kappa shape index (κ3) is 2.93. The summed E-state index contributed by atoms with van der Waals surface area (Å²) < 4.78 is 18.3. The molecule has 4 aromatic rings. The quantitative estimate of drug-likeness (QED) is 0.477. The van der Waals surface area contributed by atoms with Crippen molar-refractivity contribution < 1.29 is 8.91 Å². The lowest BCUT2D eigenvalue weighted by atomic mass is 10.1. The first-order valence-electron chi connectivity index (χ1n) is 8.42. The summed E-state index contributed by atoms with van der Waals surface area (Å²) in [7, 11) is 0. The Hall–Kier alpha value is -2.86. The summed E-state index contributed by atoms with van der Waals surface area (Å²) in [6.45, 7) is 0. The highest BCUT2D eigenvalue weighted by molar-refractivity contribution is 7.10. The van der Waals surface area contributed by atoms with E-state index in [0.717, 1.165) is 16.8 Å². The Kier molecular flexibility index (Phi) is 3.64. The minimum atomic E-state index is -0.295. The first-order valence-corrected chi connectivity index (χ1v) is 9.30. The number of halogens is 1. The fraction of sp³-hybridized carbons (Fsp3) is 0.150. The van der Waals surface area contributed by atoms with E-state index in [-0.39, 0.29) is 5.82 Å². The molecule has 2 aromatic carbocycles. The van der Waals surface area contributed by atoms with Crippen LogP contribution in [0.15, 0.2) is 58.4 Å². The number of aromatic nitrogens is 3. The van der Waals surface area contributed by atoms with Gasteiger partial charge in [0.1, 0.15) is 5.82 Å². The van der Waals surface area contributed by atoms with Crippen LogP contribution >= 0.6 is 11.3 Å². The fourth-order valence-corrected chi connectivity index (χ4v) is 3.78. The van der Waals surface area contributed by atoms with Gasteiger partial charge < -0.3 is 4.52 Å². The van der Waals surface area contributed by atoms with Crippen LogP contribution in [0.5, 0.6) is 0 Å². The Balaban J connectivity index is 1.39. The molecule has 0 amide bonds. The molecule has 0 bridgehead atoms. The molecule has 0 aliphatic heterocycles. The van der Waals surface area contributed by atoms with E-state index in [1.807, 2.05) is 24.3 Å².